The Labute approximate surface area is 74.6 Å². The highest BCUT2D eigenvalue weighted by Gasteiger charge is 2.45. The van der Waals surface area contributed by atoms with Crippen LogP contribution < -0.4 is 5.32 Å². The summed E-state index contributed by atoms with van der Waals surface area (Å²) in [6.45, 7) is 1.54. The molecule has 11 heavy (non-hydrogen) atoms. The van der Waals surface area contributed by atoms with Gasteiger partial charge in [-0.05, 0) is 7.05 Å². The standard InChI is InChI=1S/C7H12BrNO2/c1-9-5-3-11-6-4(8)2-10-7(5)6/h4-7,9H,2-3H2,1H3/t4-,5?,6+,7+/m0/s1. The van der Waals surface area contributed by atoms with Crippen molar-refractivity contribution in [3.05, 3.63) is 0 Å². The van der Waals surface area contributed by atoms with Crippen molar-refractivity contribution in [1.82, 2.24) is 5.32 Å². The summed E-state index contributed by atoms with van der Waals surface area (Å²) in [6, 6.07) is 0.377. The number of fused-ring (bicyclic) bond motifs is 1. The number of hydrogen-bond donors (Lipinski definition) is 1. The monoisotopic (exact) mass is 221 g/mol. The number of likely N-dealkylation sites (N-methyl/N-ethyl adjacent to an activating group) is 1. The van der Waals surface area contributed by atoms with E-state index in [-0.39, 0.29) is 12.2 Å². The highest BCUT2D eigenvalue weighted by atomic mass is 79.9. The number of halogens is 1. The summed E-state index contributed by atoms with van der Waals surface area (Å²) in [4.78, 5) is 0.380. The quantitative estimate of drug-likeness (QED) is 0.640. The Balaban J connectivity index is 2.04. The first-order valence-electron chi connectivity index (χ1n) is 3.87. The second-order valence-corrected chi connectivity index (χ2v) is 4.18. The fourth-order valence-corrected chi connectivity index (χ4v) is 2.31. The predicted molar refractivity (Wildman–Crippen MR) is 45.0 cm³/mol. The highest BCUT2D eigenvalue weighted by molar-refractivity contribution is 9.09. The molecule has 1 N–H and O–H groups in total. The topological polar surface area (TPSA) is 30.5 Å². The molecule has 0 aliphatic carbocycles. The first-order chi connectivity index (χ1) is 5.33. The molecule has 2 aliphatic heterocycles. The van der Waals surface area contributed by atoms with Crippen LogP contribution in [-0.4, -0.2) is 43.3 Å². The Bertz CT molecular complexity index is 155. The van der Waals surface area contributed by atoms with E-state index in [0.29, 0.717) is 10.9 Å². The van der Waals surface area contributed by atoms with Gasteiger partial charge in [0, 0.05) is 0 Å². The zero-order valence-electron chi connectivity index (χ0n) is 6.42. The van der Waals surface area contributed by atoms with E-state index in [4.69, 9.17) is 9.47 Å². The molecule has 2 saturated heterocycles. The van der Waals surface area contributed by atoms with Gasteiger partial charge in [-0.1, -0.05) is 15.9 Å². The number of alkyl halides is 1. The van der Waals surface area contributed by atoms with Crippen LogP contribution in [0.25, 0.3) is 0 Å². The smallest absolute Gasteiger partial charge is 0.102 e. The van der Waals surface area contributed by atoms with Gasteiger partial charge in [0.15, 0.2) is 0 Å². The molecule has 0 aromatic heterocycles. The Morgan fingerprint density at radius 3 is 2.73 bits per heavy atom. The van der Waals surface area contributed by atoms with E-state index in [0.717, 1.165) is 13.2 Å². The third kappa shape index (κ3) is 1.22. The molecular weight excluding hydrogens is 210 g/mol. The molecule has 0 aromatic carbocycles. The number of ether oxygens (including phenoxy) is 2. The predicted octanol–water partition coefficient (Wildman–Crippen LogP) is 0.136. The van der Waals surface area contributed by atoms with Crippen LogP contribution in [-0.2, 0) is 9.47 Å². The molecule has 2 rings (SSSR count). The molecule has 2 aliphatic rings. The van der Waals surface area contributed by atoms with Crippen LogP contribution in [0.2, 0.25) is 0 Å². The van der Waals surface area contributed by atoms with Crippen molar-refractivity contribution in [1.29, 1.82) is 0 Å². The minimum absolute atomic E-state index is 0.254. The molecule has 2 fully saturated rings. The van der Waals surface area contributed by atoms with Crippen LogP contribution in [0.5, 0.6) is 0 Å². The SMILES string of the molecule is CNC1CO[C@H]2[C@@H]1OC[C@@H]2Br. The van der Waals surface area contributed by atoms with Crippen LogP contribution >= 0.6 is 15.9 Å². The van der Waals surface area contributed by atoms with Gasteiger partial charge in [-0.15, -0.1) is 0 Å². The molecular formula is C7H12BrNO2. The van der Waals surface area contributed by atoms with Gasteiger partial charge in [-0.2, -0.15) is 0 Å². The van der Waals surface area contributed by atoms with Crippen LogP contribution in [0.4, 0.5) is 0 Å². The minimum Gasteiger partial charge on any atom is -0.372 e. The number of rotatable bonds is 1. The van der Waals surface area contributed by atoms with Crippen molar-refractivity contribution in [3.8, 4) is 0 Å². The van der Waals surface area contributed by atoms with E-state index in [2.05, 4.69) is 21.2 Å². The second-order valence-electron chi connectivity index (χ2n) is 3.01. The summed E-state index contributed by atoms with van der Waals surface area (Å²) in [6.07, 6.45) is 0.511. The Morgan fingerprint density at radius 2 is 2.00 bits per heavy atom. The number of hydrogen-bond acceptors (Lipinski definition) is 3. The summed E-state index contributed by atoms with van der Waals surface area (Å²) in [7, 11) is 1.95. The van der Waals surface area contributed by atoms with Gasteiger partial charge in [0.25, 0.3) is 0 Å². The highest BCUT2D eigenvalue weighted by Crippen LogP contribution is 2.30. The Hall–Kier alpha value is 0.360. The van der Waals surface area contributed by atoms with Crippen molar-refractivity contribution in [2.45, 2.75) is 23.1 Å². The molecule has 4 atom stereocenters. The zero-order chi connectivity index (χ0) is 7.84. The molecule has 64 valence electrons. The van der Waals surface area contributed by atoms with E-state index in [1.54, 1.807) is 0 Å². The lowest BCUT2D eigenvalue weighted by Crippen LogP contribution is -2.38. The molecule has 3 nitrogen and oxygen atoms in total. The van der Waals surface area contributed by atoms with Gasteiger partial charge < -0.3 is 14.8 Å². The first kappa shape index (κ1) is 7.98. The van der Waals surface area contributed by atoms with Gasteiger partial charge >= 0.3 is 0 Å². The van der Waals surface area contributed by atoms with E-state index in [1.807, 2.05) is 7.05 Å². The zero-order valence-corrected chi connectivity index (χ0v) is 8.00. The summed E-state index contributed by atoms with van der Waals surface area (Å²) >= 11 is 3.52. The third-order valence-corrected chi connectivity index (χ3v) is 3.15. The van der Waals surface area contributed by atoms with Crippen LogP contribution in [0.1, 0.15) is 0 Å². The molecule has 0 spiro atoms. The maximum Gasteiger partial charge on any atom is 0.102 e. The molecule has 2 heterocycles. The molecule has 0 saturated carbocycles. The second kappa shape index (κ2) is 3.01. The Morgan fingerprint density at radius 1 is 1.27 bits per heavy atom. The molecule has 0 radical (unpaired) electrons. The number of nitrogens with one attached hydrogen (secondary N) is 1. The van der Waals surface area contributed by atoms with E-state index in [9.17, 15) is 0 Å². The van der Waals surface area contributed by atoms with E-state index < -0.39 is 0 Å². The van der Waals surface area contributed by atoms with Gasteiger partial charge in [-0.3, -0.25) is 0 Å². The fourth-order valence-electron chi connectivity index (χ4n) is 1.70. The molecule has 0 amide bonds. The summed E-state index contributed by atoms with van der Waals surface area (Å²) in [5, 5.41) is 3.19. The lowest BCUT2D eigenvalue weighted by atomic mass is 10.1. The van der Waals surface area contributed by atoms with Crippen LogP contribution in [0, 0.1) is 0 Å². The molecule has 4 heteroatoms. The normalized spacial score (nSPS) is 49.6. The lowest BCUT2D eigenvalue weighted by molar-refractivity contribution is 0.0694. The maximum atomic E-state index is 5.56. The first-order valence-corrected chi connectivity index (χ1v) is 4.79. The summed E-state index contributed by atoms with van der Waals surface area (Å²) < 4.78 is 11.1. The summed E-state index contributed by atoms with van der Waals surface area (Å²) in [5.41, 5.74) is 0. The van der Waals surface area contributed by atoms with E-state index >= 15 is 0 Å². The fraction of sp³-hybridized carbons (Fsp3) is 1.00. The van der Waals surface area contributed by atoms with E-state index in [1.165, 1.54) is 0 Å². The van der Waals surface area contributed by atoms with Crippen LogP contribution in [0.15, 0.2) is 0 Å². The van der Waals surface area contributed by atoms with Crippen molar-refractivity contribution in [2.24, 2.45) is 0 Å². The van der Waals surface area contributed by atoms with Crippen molar-refractivity contribution in [3.63, 3.8) is 0 Å². The lowest BCUT2D eigenvalue weighted by Gasteiger charge is -2.13. The summed E-state index contributed by atoms with van der Waals surface area (Å²) in [5.74, 6) is 0. The average molecular weight is 222 g/mol. The Kier molecular flexibility index (Phi) is 2.19. The minimum atomic E-state index is 0.254. The van der Waals surface area contributed by atoms with Crippen molar-refractivity contribution in [2.75, 3.05) is 20.3 Å². The molecule has 0 aromatic rings. The van der Waals surface area contributed by atoms with Crippen LogP contribution in [0.3, 0.4) is 0 Å². The van der Waals surface area contributed by atoms with Gasteiger partial charge in [0.1, 0.15) is 12.2 Å². The van der Waals surface area contributed by atoms with Gasteiger partial charge in [0.05, 0.1) is 24.1 Å². The third-order valence-electron chi connectivity index (χ3n) is 2.36. The van der Waals surface area contributed by atoms with Gasteiger partial charge in [-0.25, -0.2) is 0 Å². The van der Waals surface area contributed by atoms with Gasteiger partial charge in [0.2, 0.25) is 0 Å². The maximum absolute atomic E-state index is 5.56. The molecule has 1 unspecified atom stereocenters. The largest absolute Gasteiger partial charge is 0.372 e. The molecule has 0 bridgehead atoms. The average Bonchev–Trinajstić information content (AvgIpc) is 2.53. The van der Waals surface area contributed by atoms with Crippen molar-refractivity contribution < 1.29 is 9.47 Å². The van der Waals surface area contributed by atoms with Crippen molar-refractivity contribution >= 4 is 15.9 Å².